The van der Waals surface area contributed by atoms with Crippen LogP contribution in [0.5, 0.6) is 17.2 Å². The van der Waals surface area contributed by atoms with E-state index in [1.807, 2.05) is 30.3 Å². The quantitative estimate of drug-likeness (QED) is 0.393. The number of benzene rings is 3. The van der Waals surface area contributed by atoms with Crippen molar-refractivity contribution in [3.63, 3.8) is 0 Å². The third kappa shape index (κ3) is 5.99. The Labute approximate surface area is 186 Å². The molecule has 3 aromatic carbocycles. The van der Waals surface area contributed by atoms with Crippen molar-refractivity contribution >= 4 is 23.2 Å². The van der Waals surface area contributed by atoms with E-state index in [1.165, 1.54) is 0 Å². The van der Waals surface area contributed by atoms with Crippen LogP contribution >= 0.6 is 11.6 Å². The van der Waals surface area contributed by atoms with Crippen molar-refractivity contribution in [2.24, 2.45) is 5.10 Å². The van der Waals surface area contributed by atoms with Crippen molar-refractivity contribution in [2.75, 3.05) is 14.2 Å². The molecule has 3 rings (SSSR count). The van der Waals surface area contributed by atoms with Crippen molar-refractivity contribution in [1.29, 1.82) is 0 Å². The highest BCUT2D eigenvalue weighted by atomic mass is 35.5. The van der Waals surface area contributed by atoms with Crippen LogP contribution in [0.25, 0.3) is 0 Å². The number of rotatable bonds is 8. The normalized spacial score (nSPS) is 11.0. The molecule has 0 aliphatic rings. The van der Waals surface area contributed by atoms with E-state index in [1.54, 1.807) is 57.5 Å². The predicted octanol–water partition coefficient (Wildman–Crippen LogP) is 5.09. The molecule has 0 aliphatic heterocycles. The third-order valence-corrected chi connectivity index (χ3v) is 4.81. The molecule has 0 atom stereocenters. The molecule has 7 heteroatoms. The first-order valence-electron chi connectivity index (χ1n) is 9.54. The predicted molar refractivity (Wildman–Crippen MR) is 121 cm³/mol. The fourth-order valence-corrected chi connectivity index (χ4v) is 2.90. The molecule has 1 amide bonds. The molecule has 6 nitrogen and oxygen atoms in total. The number of hydrogen-bond donors (Lipinski definition) is 1. The molecule has 0 fully saturated rings. The Balaban J connectivity index is 1.59. The number of nitrogens with zero attached hydrogens (tertiary/aromatic N) is 1. The number of hydrazone groups is 1. The fraction of sp³-hybridized carbons (Fsp3) is 0.167. The van der Waals surface area contributed by atoms with Crippen LogP contribution in [0, 0.1) is 0 Å². The van der Waals surface area contributed by atoms with Crippen LogP contribution in [-0.4, -0.2) is 25.8 Å². The van der Waals surface area contributed by atoms with Crippen LogP contribution in [0.4, 0.5) is 0 Å². The second kappa shape index (κ2) is 10.5. The summed E-state index contributed by atoms with van der Waals surface area (Å²) in [6.07, 6.45) is 0. The molecule has 0 aliphatic carbocycles. The first-order chi connectivity index (χ1) is 15.0. The van der Waals surface area contributed by atoms with E-state index in [4.69, 9.17) is 25.8 Å². The average molecular weight is 439 g/mol. The van der Waals surface area contributed by atoms with Crippen molar-refractivity contribution in [3.8, 4) is 17.2 Å². The summed E-state index contributed by atoms with van der Waals surface area (Å²) in [5, 5.41) is 4.87. The minimum Gasteiger partial charge on any atom is -0.493 e. The van der Waals surface area contributed by atoms with Crippen LogP contribution in [0.1, 0.15) is 28.4 Å². The second-order valence-electron chi connectivity index (χ2n) is 6.65. The monoisotopic (exact) mass is 438 g/mol. The molecule has 0 saturated heterocycles. The maximum atomic E-state index is 12.4. The summed E-state index contributed by atoms with van der Waals surface area (Å²) in [6.45, 7) is 2.22. The first-order valence-corrected chi connectivity index (χ1v) is 9.92. The van der Waals surface area contributed by atoms with Gasteiger partial charge in [-0.1, -0.05) is 23.7 Å². The Bertz CT molecular complexity index is 1060. The highest BCUT2D eigenvalue weighted by molar-refractivity contribution is 6.30. The summed E-state index contributed by atoms with van der Waals surface area (Å²) in [5.41, 5.74) is 5.50. The number of carbonyl (C=O) groups is 1. The van der Waals surface area contributed by atoms with E-state index in [2.05, 4.69) is 10.5 Å². The van der Waals surface area contributed by atoms with Crippen molar-refractivity contribution in [3.05, 3.63) is 88.4 Å². The average Bonchev–Trinajstić information content (AvgIpc) is 2.81. The molecule has 0 aromatic heterocycles. The van der Waals surface area contributed by atoms with Gasteiger partial charge in [0.05, 0.1) is 19.9 Å². The fourth-order valence-electron chi connectivity index (χ4n) is 2.77. The number of ether oxygens (including phenoxy) is 3. The minimum atomic E-state index is -0.316. The Morgan fingerprint density at radius 1 is 0.903 bits per heavy atom. The van der Waals surface area contributed by atoms with Gasteiger partial charge in [0.2, 0.25) is 0 Å². The van der Waals surface area contributed by atoms with Gasteiger partial charge in [0.15, 0.2) is 11.5 Å². The van der Waals surface area contributed by atoms with Gasteiger partial charge in [0.1, 0.15) is 12.4 Å². The summed E-state index contributed by atoms with van der Waals surface area (Å²) in [5.74, 6) is 1.57. The van der Waals surface area contributed by atoms with Gasteiger partial charge in [0, 0.05) is 16.1 Å². The van der Waals surface area contributed by atoms with Gasteiger partial charge in [-0.3, -0.25) is 4.79 Å². The van der Waals surface area contributed by atoms with E-state index in [0.29, 0.717) is 40.2 Å². The molecular formula is C24H23ClN2O4. The van der Waals surface area contributed by atoms with E-state index < -0.39 is 0 Å². The second-order valence-corrected chi connectivity index (χ2v) is 7.08. The van der Waals surface area contributed by atoms with Crippen molar-refractivity contribution < 1.29 is 19.0 Å². The summed E-state index contributed by atoms with van der Waals surface area (Å²) in [6, 6.07) is 19.8. The van der Waals surface area contributed by atoms with Crippen molar-refractivity contribution in [1.82, 2.24) is 5.43 Å². The van der Waals surface area contributed by atoms with Gasteiger partial charge in [-0.15, -0.1) is 0 Å². The lowest BCUT2D eigenvalue weighted by Crippen LogP contribution is -2.19. The molecule has 31 heavy (non-hydrogen) atoms. The highest BCUT2D eigenvalue weighted by Crippen LogP contribution is 2.27. The molecule has 0 spiro atoms. The van der Waals surface area contributed by atoms with Crippen molar-refractivity contribution in [2.45, 2.75) is 13.5 Å². The molecule has 0 heterocycles. The van der Waals surface area contributed by atoms with Gasteiger partial charge in [0.25, 0.3) is 5.91 Å². The molecular weight excluding hydrogens is 416 g/mol. The highest BCUT2D eigenvalue weighted by Gasteiger charge is 2.08. The summed E-state index contributed by atoms with van der Waals surface area (Å²) in [7, 11) is 3.14. The van der Waals surface area contributed by atoms with Gasteiger partial charge >= 0.3 is 0 Å². The molecule has 3 aromatic rings. The standard InChI is InChI=1S/C24H23ClN2O4/c1-16(19-8-13-22(29-2)23(14-19)30-3)26-27-24(28)18-6-11-21(12-7-18)31-15-17-4-9-20(25)10-5-17/h4-14H,15H2,1-3H3,(H,27,28). The zero-order valence-electron chi connectivity index (χ0n) is 17.5. The zero-order chi connectivity index (χ0) is 22.2. The number of carbonyl (C=O) groups excluding carboxylic acids is 1. The summed E-state index contributed by atoms with van der Waals surface area (Å²) >= 11 is 5.88. The third-order valence-electron chi connectivity index (χ3n) is 4.56. The number of nitrogens with one attached hydrogen (secondary N) is 1. The number of methoxy groups -OCH3 is 2. The Morgan fingerprint density at radius 3 is 2.19 bits per heavy atom. The Kier molecular flexibility index (Phi) is 7.51. The van der Waals surface area contributed by atoms with Gasteiger partial charge in [-0.2, -0.15) is 5.10 Å². The van der Waals surface area contributed by atoms with Crippen LogP contribution in [-0.2, 0) is 6.61 Å². The zero-order valence-corrected chi connectivity index (χ0v) is 18.3. The summed E-state index contributed by atoms with van der Waals surface area (Å²) in [4.78, 5) is 12.4. The molecule has 160 valence electrons. The lowest BCUT2D eigenvalue weighted by molar-refractivity contribution is 0.0955. The number of hydrogen-bond acceptors (Lipinski definition) is 5. The lowest BCUT2D eigenvalue weighted by Gasteiger charge is -2.10. The Morgan fingerprint density at radius 2 is 1.55 bits per heavy atom. The molecule has 0 saturated carbocycles. The van der Waals surface area contributed by atoms with E-state index in [9.17, 15) is 4.79 Å². The minimum absolute atomic E-state index is 0.316. The van der Waals surface area contributed by atoms with Gasteiger partial charge in [-0.25, -0.2) is 5.43 Å². The van der Waals surface area contributed by atoms with Gasteiger partial charge in [-0.05, 0) is 67.1 Å². The molecule has 1 N–H and O–H groups in total. The summed E-state index contributed by atoms with van der Waals surface area (Å²) < 4.78 is 16.3. The van der Waals surface area contributed by atoms with Crippen LogP contribution in [0.2, 0.25) is 5.02 Å². The first kappa shape index (κ1) is 22.2. The van der Waals surface area contributed by atoms with Gasteiger partial charge < -0.3 is 14.2 Å². The number of amides is 1. The van der Waals surface area contributed by atoms with Crippen LogP contribution in [0.15, 0.2) is 71.8 Å². The van der Waals surface area contributed by atoms with E-state index >= 15 is 0 Å². The largest absolute Gasteiger partial charge is 0.493 e. The number of halogens is 1. The topological polar surface area (TPSA) is 69.2 Å². The van der Waals surface area contributed by atoms with Crippen LogP contribution in [0.3, 0.4) is 0 Å². The maximum absolute atomic E-state index is 12.4. The molecule has 0 radical (unpaired) electrons. The van der Waals surface area contributed by atoms with E-state index in [-0.39, 0.29) is 5.91 Å². The Hall–Kier alpha value is -3.51. The molecule has 0 bridgehead atoms. The van der Waals surface area contributed by atoms with E-state index in [0.717, 1.165) is 11.1 Å². The molecule has 0 unspecified atom stereocenters. The smallest absolute Gasteiger partial charge is 0.271 e. The SMILES string of the molecule is COc1ccc(C(C)=NNC(=O)c2ccc(OCc3ccc(Cl)cc3)cc2)cc1OC. The maximum Gasteiger partial charge on any atom is 0.271 e. The lowest BCUT2D eigenvalue weighted by atomic mass is 10.1. The van der Waals surface area contributed by atoms with Crippen LogP contribution < -0.4 is 19.6 Å².